The molecular weight excluding hydrogens is 250 g/mol. The van der Waals surface area contributed by atoms with Gasteiger partial charge in [0.05, 0.1) is 5.92 Å². The summed E-state index contributed by atoms with van der Waals surface area (Å²) in [5.74, 6) is -1.57. The molecule has 2 heterocycles. The first kappa shape index (κ1) is 13.5. The van der Waals surface area contributed by atoms with E-state index in [4.69, 9.17) is 5.11 Å². The molecule has 2 atom stereocenters. The predicted octanol–water partition coefficient (Wildman–Crippen LogP) is -0.0359. The van der Waals surface area contributed by atoms with Crippen molar-refractivity contribution in [3.05, 3.63) is 0 Å². The quantitative estimate of drug-likeness (QED) is 0.733. The Morgan fingerprint density at radius 1 is 1.42 bits per heavy atom. The summed E-state index contributed by atoms with van der Waals surface area (Å²) in [6.45, 7) is 2.26. The van der Waals surface area contributed by atoms with Gasteiger partial charge in [-0.05, 0) is 19.8 Å². The molecule has 2 aliphatic rings. The topological polar surface area (TPSA) is 99.1 Å². The van der Waals surface area contributed by atoms with Gasteiger partial charge in [-0.1, -0.05) is 0 Å². The van der Waals surface area contributed by atoms with E-state index in [9.17, 15) is 14.4 Å². The normalized spacial score (nSPS) is 27.5. The van der Waals surface area contributed by atoms with Crippen LogP contribution in [0.25, 0.3) is 0 Å². The van der Waals surface area contributed by atoms with Crippen LogP contribution in [0.1, 0.15) is 32.6 Å². The summed E-state index contributed by atoms with van der Waals surface area (Å²) in [5.41, 5.74) is 2.65. The number of aliphatic carboxylic acids is 1. The number of carbonyl (C=O) groups excluding carboxylic acids is 2. The van der Waals surface area contributed by atoms with E-state index in [0.717, 1.165) is 0 Å². The fraction of sp³-hybridized carbons (Fsp3) is 0.667. The monoisotopic (exact) mass is 267 g/mol. The van der Waals surface area contributed by atoms with Gasteiger partial charge >= 0.3 is 5.97 Å². The lowest BCUT2D eigenvalue weighted by atomic mass is 9.91. The maximum atomic E-state index is 12.2. The van der Waals surface area contributed by atoms with Crippen molar-refractivity contribution in [3.8, 4) is 0 Å². The smallest absolute Gasteiger partial charge is 0.306 e. The largest absolute Gasteiger partial charge is 0.481 e. The molecule has 2 rings (SSSR count). The van der Waals surface area contributed by atoms with Crippen molar-refractivity contribution in [3.63, 3.8) is 0 Å². The molecule has 1 saturated heterocycles. The van der Waals surface area contributed by atoms with Gasteiger partial charge in [-0.2, -0.15) is 5.10 Å². The minimum atomic E-state index is -0.804. The molecule has 2 unspecified atom stereocenters. The lowest BCUT2D eigenvalue weighted by molar-refractivity contribution is -0.146. The summed E-state index contributed by atoms with van der Waals surface area (Å²) < 4.78 is 0. The van der Waals surface area contributed by atoms with Crippen LogP contribution in [0.2, 0.25) is 0 Å². The summed E-state index contributed by atoms with van der Waals surface area (Å²) in [7, 11) is 0. The van der Waals surface area contributed by atoms with Crippen LogP contribution in [0.15, 0.2) is 5.10 Å². The molecule has 0 saturated carbocycles. The van der Waals surface area contributed by atoms with Crippen LogP contribution in [0.4, 0.5) is 0 Å². The molecular formula is C12H17N3O4. The zero-order valence-corrected chi connectivity index (χ0v) is 10.8. The first-order valence-electron chi connectivity index (χ1n) is 6.38. The Hall–Kier alpha value is -1.92. The molecule has 0 aromatic heterocycles. The van der Waals surface area contributed by atoms with Crippen molar-refractivity contribution in [1.82, 2.24) is 10.3 Å². The molecule has 2 amide bonds. The highest BCUT2D eigenvalue weighted by Gasteiger charge is 2.34. The SMILES string of the molecule is CC1CC(C(=O)O)CCN1C(=O)C1=NNC(=O)CC1. The zero-order valence-electron chi connectivity index (χ0n) is 10.8. The molecule has 7 nitrogen and oxygen atoms in total. The molecule has 0 aliphatic carbocycles. The Morgan fingerprint density at radius 2 is 2.16 bits per heavy atom. The van der Waals surface area contributed by atoms with Crippen molar-refractivity contribution in [2.45, 2.75) is 38.6 Å². The number of amides is 2. The lowest BCUT2D eigenvalue weighted by Gasteiger charge is -2.36. The van der Waals surface area contributed by atoms with Crippen LogP contribution < -0.4 is 5.43 Å². The van der Waals surface area contributed by atoms with E-state index >= 15 is 0 Å². The molecule has 0 aromatic rings. The van der Waals surface area contributed by atoms with Crippen LogP contribution in [0.5, 0.6) is 0 Å². The Labute approximate surface area is 110 Å². The van der Waals surface area contributed by atoms with Gasteiger partial charge in [0.1, 0.15) is 5.71 Å². The van der Waals surface area contributed by atoms with Gasteiger partial charge in [-0.15, -0.1) is 0 Å². The molecule has 2 N–H and O–H groups in total. The number of piperidine rings is 1. The van der Waals surface area contributed by atoms with Gasteiger partial charge in [-0.25, -0.2) is 5.43 Å². The first-order valence-corrected chi connectivity index (χ1v) is 6.38. The number of hydrazone groups is 1. The summed E-state index contributed by atoms with van der Waals surface area (Å²) in [6.07, 6.45) is 1.53. The van der Waals surface area contributed by atoms with Crippen LogP contribution >= 0.6 is 0 Å². The molecule has 0 bridgehead atoms. The molecule has 0 radical (unpaired) electrons. The van der Waals surface area contributed by atoms with E-state index in [0.29, 0.717) is 31.5 Å². The number of nitrogens with zero attached hydrogens (tertiary/aromatic N) is 2. The summed E-state index contributed by atoms with van der Waals surface area (Å²) in [5, 5.41) is 12.8. The lowest BCUT2D eigenvalue weighted by Crippen LogP contribution is -2.49. The minimum absolute atomic E-state index is 0.123. The van der Waals surface area contributed by atoms with Gasteiger partial charge in [0, 0.05) is 25.4 Å². The van der Waals surface area contributed by atoms with Gasteiger partial charge in [-0.3, -0.25) is 14.4 Å². The highest BCUT2D eigenvalue weighted by molar-refractivity contribution is 6.39. The number of nitrogens with one attached hydrogen (secondary N) is 1. The van der Waals surface area contributed by atoms with Crippen molar-refractivity contribution >= 4 is 23.5 Å². The molecule has 1 fully saturated rings. The van der Waals surface area contributed by atoms with E-state index in [1.165, 1.54) is 0 Å². The van der Waals surface area contributed by atoms with Crippen molar-refractivity contribution < 1.29 is 19.5 Å². The zero-order chi connectivity index (χ0) is 14.0. The van der Waals surface area contributed by atoms with Crippen LogP contribution in [-0.2, 0) is 14.4 Å². The summed E-state index contributed by atoms with van der Waals surface area (Å²) in [4.78, 5) is 35.8. The van der Waals surface area contributed by atoms with Crippen molar-refractivity contribution in [2.24, 2.45) is 11.0 Å². The van der Waals surface area contributed by atoms with E-state index in [2.05, 4.69) is 10.5 Å². The number of carboxylic acid groups (broad SMARTS) is 1. The Kier molecular flexibility index (Phi) is 3.82. The Bertz CT molecular complexity index is 446. The van der Waals surface area contributed by atoms with Crippen LogP contribution in [0, 0.1) is 5.92 Å². The number of rotatable bonds is 2. The second-order valence-corrected chi connectivity index (χ2v) is 5.00. The predicted molar refractivity (Wildman–Crippen MR) is 66.3 cm³/mol. The van der Waals surface area contributed by atoms with E-state index < -0.39 is 5.97 Å². The fourth-order valence-electron chi connectivity index (χ4n) is 2.49. The average molecular weight is 267 g/mol. The van der Waals surface area contributed by atoms with Gasteiger partial charge in [0.2, 0.25) is 5.91 Å². The molecule has 7 heteroatoms. The van der Waals surface area contributed by atoms with Gasteiger partial charge < -0.3 is 10.0 Å². The summed E-state index contributed by atoms with van der Waals surface area (Å²) in [6, 6.07) is -0.123. The third-order valence-electron chi connectivity index (χ3n) is 3.64. The molecule has 104 valence electrons. The highest BCUT2D eigenvalue weighted by Crippen LogP contribution is 2.23. The third kappa shape index (κ3) is 2.91. The maximum absolute atomic E-state index is 12.2. The number of hydrogen-bond donors (Lipinski definition) is 2. The van der Waals surface area contributed by atoms with Crippen molar-refractivity contribution in [1.29, 1.82) is 0 Å². The maximum Gasteiger partial charge on any atom is 0.306 e. The molecule has 2 aliphatic heterocycles. The average Bonchev–Trinajstić information content (AvgIpc) is 2.38. The third-order valence-corrected chi connectivity index (χ3v) is 3.64. The van der Waals surface area contributed by atoms with Crippen molar-refractivity contribution in [2.75, 3.05) is 6.54 Å². The molecule has 19 heavy (non-hydrogen) atoms. The Balaban J connectivity index is 2.01. The minimum Gasteiger partial charge on any atom is -0.481 e. The van der Waals surface area contributed by atoms with Gasteiger partial charge in [0.25, 0.3) is 5.91 Å². The summed E-state index contributed by atoms with van der Waals surface area (Å²) >= 11 is 0. The van der Waals surface area contributed by atoms with Gasteiger partial charge in [0.15, 0.2) is 0 Å². The standard InChI is InChI=1S/C12H17N3O4/c1-7-6-8(12(18)19)4-5-15(7)11(17)9-2-3-10(16)14-13-9/h7-8H,2-6H2,1H3,(H,14,16)(H,18,19). The molecule has 0 aromatic carbocycles. The highest BCUT2D eigenvalue weighted by atomic mass is 16.4. The van der Waals surface area contributed by atoms with E-state index in [1.807, 2.05) is 6.92 Å². The number of likely N-dealkylation sites (tertiary alicyclic amines) is 1. The number of hydrogen-bond acceptors (Lipinski definition) is 4. The first-order chi connectivity index (χ1) is 8.99. The fourth-order valence-corrected chi connectivity index (χ4v) is 2.49. The van der Waals surface area contributed by atoms with Crippen LogP contribution in [-0.4, -0.2) is 46.1 Å². The molecule has 0 spiro atoms. The Morgan fingerprint density at radius 3 is 2.68 bits per heavy atom. The second kappa shape index (κ2) is 5.38. The van der Waals surface area contributed by atoms with E-state index in [-0.39, 0.29) is 30.2 Å². The second-order valence-electron chi connectivity index (χ2n) is 5.00. The van der Waals surface area contributed by atoms with E-state index in [1.54, 1.807) is 4.90 Å². The number of carboxylic acids is 1. The van der Waals surface area contributed by atoms with Crippen LogP contribution in [0.3, 0.4) is 0 Å². The number of carbonyl (C=O) groups is 3.